The monoisotopic (exact) mass is 238 g/mol. The molecule has 0 fully saturated rings. The molecule has 84 valence electrons. The number of phenols is 1. The summed E-state index contributed by atoms with van der Waals surface area (Å²) in [5, 5.41) is 18.0. The third kappa shape index (κ3) is 3.64. The lowest BCUT2D eigenvalue weighted by molar-refractivity contribution is -0.195. The highest BCUT2D eigenvalue weighted by Crippen LogP contribution is 2.31. The van der Waals surface area contributed by atoms with Crippen molar-refractivity contribution in [2.45, 2.75) is 17.2 Å². The number of aromatic hydroxyl groups is 1. The first-order chi connectivity index (χ1) is 6.91. The molecule has 1 aromatic rings. The standard InChI is InChI=1S/C9H9F3O2S/c10-9(11,12)8(14)5-15-7-4-2-1-3-6(7)13/h1-4,8,13-14H,5H2. The maximum atomic E-state index is 11.9. The van der Waals surface area contributed by atoms with Gasteiger partial charge in [0.25, 0.3) is 0 Å². The van der Waals surface area contributed by atoms with Crippen molar-refractivity contribution < 1.29 is 23.4 Å². The summed E-state index contributed by atoms with van der Waals surface area (Å²) in [6.07, 6.45) is -6.99. The zero-order valence-electron chi connectivity index (χ0n) is 7.53. The van der Waals surface area contributed by atoms with E-state index >= 15 is 0 Å². The van der Waals surface area contributed by atoms with Crippen LogP contribution in [0, 0.1) is 0 Å². The Morgan fingerprint density at radius 2 is 1.87 bits per heavy atom. The molecule has 0 spiro atoms. The fourth-order valence-electron chi connectivity index (χ4n) is 0.842. The number of thioether (sulfide) groups is 1. The highest BCUT2D eigenvalue weighted by Gasteiger charge is 2.37. The molecular formula is C9H9F3O2S. The predicted octanol–water partition coefficient (Wildman–Crippen LogP) is 2.41. The summed E-state index contributed by atoms with van der Waals surface area (Å²) >= 11 is 0.762. The van der Waals surface area contributed by atoms with E-state index in [1.165, 1.54) is 12.1 Å². The predicted molar refractivity (Wildman–Crippen MR) is 50.9 cm³/mol. The molecule has 1 atom stereocenters. The fourth-order valence-corrected chi connectivity index (χ4v) is 1.76. The van der Waals surface area contributed by atoms with E-state index in [4.69, 9.17) is 5.11 Å². The molecule has 1 aromatic carbocycles. The molecule has 15 heavy (non-hydrogen) atoms. The number of aliphatic hydroxyl groups excluding tert-OH is 1. The van der Waals surface area contributed by atoms with Crippen LogP contribution < -0.4 is 0 Å². The summed E-state index contributed by atoms with van der Waals surface area (Å²) in [5.74, 6) is -0.613. The van der Waals surface area contributed by atoms with Gasteiger partial charge in [0.1, 0.15) is 5.75 Å². The molecule has 1 rings (SSSR count). The maximum absolute atomic E-state index is 11.9. The third-order valence-corrected chi connectivity index (χ3v) is 2.78. The summed E-state index contributed by atoms with van der Waals surface area (Å²) in [7, 11) is 0. The molecule has 0 saturated carbocycles. The highest BCUT2D eigenvalue weighted by molar-refractivity contribution is 7.99. The normalized spacial score (nSPS) is 13.9. The first-order valence-corrected chi connectivity index (χ1v) is 5.05. The molecule has 0 aliphatic heterocycles. The molecule has 1 unspecified atom stereocenters. The quantitative estimate of drug-likeness (QED) is 0.794. The molecular weight excluding hydrogens is 229 g/mol. The third-order valence-electron chi connectivity index (χ3n) is 1.64. The summed E-state index contributed by atoms with van der Waals surface area (Å²) in [4.78, 5) is 0.320. The molecule has 0 aliphatic carbocycles. The number of phenolic OH excluding ortho intramolecular Hbond substituents is 1. The molecule has 0 radical (unpaired) electrons. The van der Waals surface area contributed by atoms with Gasteiger partial charge in [0, 0.05) is 10.6 Å². The van der Waals surface area contributed by atoms with Crippen LogP contribution in [0.2, 0.25) is 0 Å². The highest BCUT2D eigenvalue weighted by atomic mass is 32.2. The maximum Gasteiger partial charge on any atom is 0.415 e. The van der Waals surface area contributed by atoms with Crippen LogP contribution in [-0.2, 0) is 0 Å². The van der Waals surface area contributed by atoms with E-state index in [9.17, 15) is 18.3 Å². The van der Waals surface area contributed by atoms with Crippen LogP contribution in [0.4, 0.5) is 13.2 Å². The Hall–Kier alpha value is -0.880. The molecule has 2 nitrogen and oxygen atoms in total. The van der Waals surface area contributed by atoms with Gasteiger partial charge in [-0.05, 0) is 12.1 Å². The number of hydrogen-bond acceptors (Lipinski definition) is 3. The van der Waals surface area contributed by atoms with E-state index in [1.807, 2.05) is 0 Å². The lowest BCUT2D eigenvalue weighted by Gasteiger charge is -2.13. The number of rotatable bonds is 3. The average molecular weight is 238 g/mol. The first-order valence-electron chi connectivity index (χ1n) is 4.07. The Balaban J connectivity index is 2.55. The Morgan fingerprint density at radius 3 is 2.40 bits per heavy atom. The summed E-state index contributed by atoms with van der Waals surface area (Å²) < 4.78 is 35.8. The van der Waals surface area contributed by atoms with Crippen LogP contribution in [-0.4, -0.2) is 28.2 Å². The minimum atomic E-state index is -4.61. The van der Waals surface area contributed by atoms with Crippen LogP contribution in [0.25, 0.3) is 0 Å². The van der Waals surface area contributed by atoms with Crippen LogP contribution >= 0.6 is 11.8 Å². The van der Waals surface area contributed by atoms with Gasteiger partial charge in [0.15, 0.2) is 6.10 Å². The average Bonchev–Trinajstić information content (AvgIpc) is 2.14. The van der Waals surface area contributed by atoms with Crippen molar-refractivity contribution in [3.8, 4) is 5.75 Å². The summed E-state index contributed by atoms with van der Waals surface area (Å²) in [6, 6.07) is 6.03. The van der Waals surface area contributed by atoms with E-state index in [2.05, 4.69) is 0 Å². The molecule has 0 heterocycles. The van der Waals surface area contributed by atoms with Gasteiger partial charge in [-0.3, -0.25) is 0 Å². The second-order valence-corrected chi connectivity index (χ2v) is 3.90. The number of benzene rings is 1. The van der Waals surface area contributed by atoms with E-state index in [0.29, 0.717) is 4.90 Å². The van der Waals surface area contributed by atoms with Crippen molar-refractivity contribution >= 4 is 11.8 Å². The van der Waals surface area contributed by atoms with Crippen molar-refractivity contribution in [1.29, 1.82) is 0 Å². The molecule has 0 amide bonds. The number of aliphatic hydroxyl groups is 1. The summed E-state index contributed by atoms with van der Waals surface area (Å²) in [6.45, 7) is 0. The molecule has 6 heteroatoms. The van der Waals surface area contributed by atoms with Gasteiger partial charge in [-0.1, -0.05) is 12.1 Å². The number of alkyl halides is 3. The molecule has 0 aliphatic rings. The molecule has 0 saturated heterocycles. The zero-order chi connectivity index (χ0) is 11.5. The smallest absolute Gasteiger partial charge is 0.415 e. The van der Waals surface area contributed by atoms with Crippen LogP contribution in [0.1, 0.15) is 0 Å². The second-order valence-electron chi connectivity index (χ2n) is 2.84. The lowest BCUT2D eigenvalue weighted by Crippen LogP contribution is -2.30. The van der Waals surface area contributed by atoms with Gasteiger partial charge in [0.2, 0.25) is 0 Å². The van der Waals surface area contributed by atoms with E-state index < -0.39 is 18.0 Å². The molecule has 0 bridgehead atoms. The number of halogens is 3. The van der Waals surface area contributed by atoms with E-state index in [-0.39, 0.29) is 5.75 Å². The lowest BCUT2D eigenvalue weighted by atomic mass is 10.3. The van der Waals surface area contributed by atoms with E-state index in [1.54, 1.807) is 12.1 Å². The van der Waals surface area contributed by atoms with Gasteiger partial charge in [-0.2, -0.15) is 13.2 Å². The van der Waals surface area contributed by atoms with Gasteiger partial charge in [0.05, 0.1) is 0 Å². The Labute approximate surface area is 88.7 Å². The topological polar surface area (TPSA) is 40.5 Å². The van der Waals surface area contributed by atoms with Crippen molar-refractivity contribution in [3.05, 3.63) is 24.3 Å². The van der Waals surface area contributed by atoms with Gasteiger partial charge in [-0.15, -0.1) is 11.8 Å². The van der Waals surface area contributed by atoms with Crippen molar-refractivity contribution in [2.24, 2.45) is 0 Å². The second kappa shape index (κ2) is 4.76. The number of para-hydroxylation sites is 1. The molecule has 2 N–H and O–H groups in total. The van der Waals surface area contributed by atoms with Gasteiger partial charge < -0.3 is 10.2 Å². The minimum Gasteiger partial charge on any atom is -0.507 e. The van der Waals surface area contributed by atoms with Gasteiger partial charge in [-0.25, -0.2) is 0 Å². The fraction of sp³-hybridized carbons (Fsp3) is 0.333. The largest absolute Gasteiger partial charge is 0.507 e. The van der Waals surface area contributed by atoms with E-state index in [0.717, 1.165) is 11.8 Å². The molecule has 0 aromatic heterocycles. The van der Waals surface area contributed by atoms with Crippen LogP contribution in [0.15, 0.2) is 29.2 Å². The van der Waals surface area contributed by atoms with Crippen LogP contribution in [0.3, 0.4) is 0 Å². The summed E-state index contributed by atoms with van der Waals surface area (Å²) in [5.41, 5.74) is 0. The Bertz CT molecular complexity index is 327. The first kappa shape index (κ1) is 12.2. The SMILES string of the molecule is Oc1ccccc1SCC(O)C(F)(F)F. The number of hydrogen-bond donors (Lipinski definition) is 2. The Morgan fingerprint density at radius 1 is 1.27 bits per heavy atom. The van der Waals surface area contributed by atoms with Crippen LogP contribution in [0.5, 0.6) is 5.75 Å². The Kier molecular flexibility index (Phi) is 3.87. The van der Waals surface area contributed by atoms with Gasteiger partial charge >= 0.3 is 6.18 Å². The van der Waals surface area contributed by atoms with Crippen molar-refractivity contribution in [2.75, 3.05) is 5.75 Å². The minimum absolute atomic E-state index is 0.0862. The van der Waals surface area contributed by atoms with Crippen molar-refractivity contribution in [3.63, 3.8) is 0 Å². The zero-order valence-corrected chi connectivity index (χ0v) is 8.35. The van der Waals surface area contributed by atoms with Crippen molar-refractivity contribution in [1.82, 2.24) is 0 Å².